The van der Waals surface area contributed by atoms with Crippen LogP contribution in [0.25, 0.3) is 0 Å². The number of hydrogen-bond acceptors (Lipinski definition) is 3. The molecule has 0 aliphatic carbocycles. The lowest BCUT2D eigenvalue weighted by atomic mass is 10.1. The summed E-state index contributed by atoms with van der Waals surface area (Å²) in [7, 11) is -2.31. The monoisotopic (exact) mass is 408 g/mol. The number of hydrogen-bond donors (Lipinski definition) is 1. The Labute approximate surface area is 172 Å². The molecule has 0 saturated carbocycles. The quantitative estimate of drug-likeness (QED) is 0.647. The average Bonchev–Trinajstić information content (AvgIpc) is 2.74. The van der Waals surface area contributed by atoms with Crippen molar-refractivity contribution in [1.29, 1.82) is 0 Å². The fourth-order valence-corrected chi connectivity index (χ4v) is 4.21. The maximum Gasteiger partial charge on any atom is 0.264 e. The van der Waals surface area contributed by atoms with Crippen molar-refractivity contribution in [2.45, 2.75) is 18.2 Å². The molecule has 0 spiro atoms. The Hall–Kier alpha value is -3.12. The van der Waals surface area contributed by atoms with Crippen molar-refractivity contribution < 1.29 is 13.2 Å². The molecule has 0 fully saturated rings. The first-order valence-electron chi connectivity index (χ1n) is 9.36. The van der Waals surface area contributed by atoms with Gasteiger partial charge in [0.05, 0.1) is 16.1 Å². The van der Waals surface area contributed by atoms with Crippen LogP contribution in [-0.2, 0) is 16.4 Å². The molecule has 6 heteroatoms. The number of aryl methyl sites for hydroxylation is 1. The van der Waals surface area contributed by atoms with Gasteiger partial charge in [-0.05, 0) is 43.2 Å². The van der Waals surface area contributed by atoms with Crippen LogP contribution >= 0.6 is 0 Å². The normalized spacial score (nSPS) is 11.1. The molecule has 1 N–H and O–H groups in total. The van der Waals surface area contributed by atoms with Gasteiger partial charge in [0.1, 0.15) is 0 Å². The molecular formula is C23H24N2O3S. The number of sulfonamides is 1. The van der Waals surface area contributed by atoms with Gasteiger partial charge in [0.15, 0.2) is 0 Å². The molecule has 0 radical (unpaired) electrons. The van der Waals surface area contributed by atoms with E-state index in [-0.39, 0.29) is 10.8 Å². The van der Waals surface area contributed by atoms with Gasteiger partial charge in [-0.1, -0.05) is 60.2 Å². The van der Waals surface area contributed by atoms with Gasteiger partial charge in [0.2, 0.25) is 0 Å². The van der Waals surface area contributed by atoms with Crippen LogP contribution in [0.1, 0.15) is 21.5 Å². The summed E-state index contributed by atoms with van der Waals surface area (Å²) in [4.78, 5) is 12.9. The van der Waals surface area contributed by atoms with Crippen molar-refractivity contribution in [3.8, 4) is 0 Å². The van der Waals surface area contributed by atoms with Crippen molar-refractivity contribution in [1.82, 2.24) is 5.32 Å². The first kappa shape index (κ1) is 20.6. The highest BCUT2D eigenvalue weighted by Crippen LogP contribution is 2.25. The van der Waals surface area contributed by atoms with Crippen molar-refractivity contribution in [2.75, 3.05) is 17.9 Å². The number of nitrogens with one attached hydrogen (secondary N) is 1. The lowest BCUT2D eigenvalue weighted by molar-refractivity contribution is 0.0955. The SMILES string of the molecule is Cc1ccc(S(=O)(=O)N(C)c2ccccc2C(=O)NCCc2ccccc2)cc1. The molecule has 1 amide bonds. The summed E-state index contributed by atoms with van der Waals surface area (Å²) in [6.07, 6.45) is 0.701. The van der Waals surface area contributed by atoms with Crippen LogP contribution in [0.15, 0.2) is 83.8 Å². The number of benzene rings is 3. The lowest BCUT2D eigenvalue weighted by Crippen LogP contribution is -2.31. The first-order chi connectivity index (χ1) is 13.9. The number of para-hydroxylation sites is 1. The third kappa shape index (κ3) is 4.84. The second kappa shape index (κ2) is 8.92. The molecule has 0 heterocycles. The van der Waals surface area contributed by atoms with E-state index in [9.17, 15) is 13.2 Å². The molecule has 0 bridgehead atoms. The molecule has 5 nitrogen and oxygen atoms in total. The third-order valence-corrected chi connectivity index (χ3v) is 6.50. The van der Waals surface area contributed by atoms with Crippen molar-refractivity contribution >= 4 is 21.6 Å². The minimum atomic E-state index is -3.77. The van der Waals surface area contributed by atoms with E-state index in [0.717, 1.165) is 15.4 Å². The van der Waals surface area contributed by atoms with Gasteiger partial charge in [-0.3, -0.25) is 9.10 Å². The second-order valence-electron chi connectivity index (χ2n) is 6.79. The van der Waals surface area contributed by atoms with Crippen LogP contribution in [0.4, 0.5) is 5.69 Å². The molecular weight excluding hydrogens is 384 g/mol. The summed E-state index contributed by atoms with van der Waals surface area (Å²) in [5.74, 6) is -0.303. The Bertz CT molecular complexity index is 1080. The summed E-state index contributed by atoms with van der Waals surface area (Å²) >= 11 is 0. The van der Waals surface area contributed by atoms with Crippen LogP contribution in [0.3, 0.4) is 0 Å². The van der Waals surface area contributed by atoms with Crippen molar-refractivity contribution in [3.63, 3.8) is 0 Å². The van der Waals surface area contributed by atoms with E-state index < -0.39 is 10.0 Å². The largest absolute Gasteiger partial charge is 0.352 e. The number of rotatable bonds is 7. The topological polar surface area (TPSA) is 66.5 Å². The maximum absolute atomic E-state index is 13.0. The van der Waals surface area contributed by atoms with E-state index >= 15 is 0 Å². The maximum atomic E-state index is 13.0. The highest BCUT2D eigenvalue weighted by atomic mass is 32.2. The predicted octanol–water partition coefficient (Wildman–Crippen LogP) is 3.79. The summed E-state index contributed by atoms with van der Waals surface area (Å²) in [6.45, 7) is 2.36. The van der Waals surface area contributed by atoms with Crippen molar-refractivity contribution in [2.24, 2.45) is 0 Å². The smallest absolute Gasteiger partial charge is 0.264 e. The molecule has 29 heavy (non-hydrogen) atoms. The zero-order valence-corrected chi connectivity index (χ0v) is 17.3. The zero-order valence-electron chi connectivity index (χ0n) is 16.5. The summed E-state index contributed by atoms with van der Waals surface area (Å²) in [5.41, 5.74) is 2.76. The van der Waals surface area contributed by atoms with E-state index in [1.54, 1.807) is 48.5 Å². The third-order valence-electron chi connectivity index (χ3n) is 4.71. The Balaban J connectivity index is 1.78. The summed E-state index contributed by atoms with van der Waals surface area (Å²) < 4.78 is 27.2. The van der Waals surface area contributed by atoms with Crippen LogP contribution in [-0.4, -0.2) is 27.9 Å². The number of nitrogens with zero attached hydrogens (tertiary/aromatic N) is 1. The van der Waals surface area contributed by atoms with Crippen LogP contribution in [0, 0.1) is 6.92 Å². The van der Waals surface area contributed by atoms with Gasteiger partial charge in [0.25, 0.3) is 15.9 Å². The summed E-state index contributed by atoms with van der Waals surface area (Å²) in [5, 5.41) is 2.88. The minimum Gasteiger partial charge on any atom is -0.352 e. The fourth-order valence-electron chi connectivity index (χ4n) is 3.00. The number of carbonyl (C=O) groups excluding carboxylic acids is 1. The van der Waals surface area contributed by atoms with E-state index in [1.165, 1.54) is 7.05 Å². The predicted molar refractivity (Wildman–Crippen MR) is 116 cm³/mol. The van der Waals surface area contributed by atoms with Gasteiger partial charge in [0, 0.05) is 13.6 Å². The minimum absolute atomic E-state index is 0.185. The number of amides is 1. The number of carbonyl (C=O) groups is 1. The Morgan fingerprint density at radius 2 is 1.52 bits per heavy atom. The van der Waals surface area contributed by atoms with Gasteiger partial charge >= 0.3 is 0 Å². The van der Waals surface area contributed by atoms with E-state index in [0.29, 0.717) is 24.2 Å². The molecule has 0 unspecified atom stereocenters. The highest BCUT2D eigenvalue weighted by molar-refractivity contribution is 7.92. The van der Waals surface area contributed by atoms with E-state index in [4.69, 9.17) is 0 Å². The van der Waals surface area contributed by atoms with E-state index in [1.807, 2.05) is 37.3 Å². The molecule has 150 valence electrons. The van der Waals surface area contributed by atoms with E-state index in [2.05, 4.69) is 5.32 Å². The van der Waals surface area contributed by atoms with Crippen molar-refractivity contribution in [3.05, 3.63) is 95.6 Å². The standard InChI is InChI=1S/C23H24N2O3S/c1-18-12-14-20(15-13-18)29(27,28)25(2)22-11-7-6-10-21(22)23(26)24-17-16-19-8-4-3-5-9-19/h3-15H,16-17H2,1-2H3,(H,24,26). The van der Waals surface area contributed by atoms with Gasteiger partial charge in [-0.25, -0.2) is 8.42 Å². The summed E-state index contributed by atoms with van der Waals surface area (Å²) in [6, 6.07) is 23.2. The Morgan fingerprint density at radius 3 is 2.21 bits per heavy atom. The molecule has 3 rings (SSSR count). The molecule has 0 aliphatic heterocycles. The molecule has 0 aromatic heterocycles. The van der Waals surface area contributed by atoms with Gasteiger partial charge in [-0.2, -0.15) is 0 Å². The van der Waals surface area contributed by atoms with Gasteiger partial charge < -0.3 is 5.32 Å². The molecule has 3 aromatic carbocycles. The molecule has 0 aliphatic rings. The van der Waals surface area contributed by atoms with Crippen LogP contribution < -0.4 is 9.62 Å². The van der Waals surface area contributed by atoms with Gasteiger partial charge in [-0.15, -0.1) is 0 Å². The first-order valence-corrected chi connectivity index (χ1v) is 10.8. The molecule has 0 saturated heterocycles. The second-order valence-corrected chi connectivity index (χ2v) is 8.76. The highest BCUT2D eigenvalue weighted by Gasteiger charge is 2.24. The Kier molecular flexibility index (Phi) is 6.34. The fraction of sp³-hybridized carbons (Fsp3) is 0.174. The molecule has 3 aromatic rings. The number of anilines is 1. The zero-order chi connectivity index (χ0) is 20.9. The average molecular weight is 409 g/mol. The van der Waals surface area contributed by atoms with Crippen LogP contribution in [0.5, 0.6) is 0 Å². The van der Waals surface area contributed by atoms with Crippen LogP contribution in [0.2, 0.25) is 0 Å². The lowest BCUT2D eigenvalue weighted by Gasteiger charge is -2.22. The molecule has 0 atom stereocenters. The Morgan fingerprint density at radius 1 is 0.897 bits per heavy atom.